The predicted octanol–water partition coefficient (Wildman–Crippen LogP) is 0.631. The van der Waals surface area contributed by atoms with Gasteiger partial charge in [0.1, 0.15) is 5.60 Å². The molecule has 0 radical (unpaired) electrons. The number of nitrogens with one attached hydrogen (secondary N) is 1. The van der Waals surface area contributed by atoms with E-state index in [1.165, 1.54) is 0 Å². The van der Waals surface area contributed by atoms with Crippen LogP contribution in [0, 0.1) is 0 Å². The molecule has 0 aliphatic rings. The lowest BCUT2D eigenvalue weighted by molar-refractivity contribution is 0.0527. The third-order valence-corrected chi connectivity index (χ3v) is 0.517. The number of rotatable bonds is 0. The molecule has 0 saturated heterocycles. The van der Waals surface area contributed by atoms with Gasteiger partial charge in [-0.1, -0.05) is 0 Å². The first-order valence-corrected chi connectivity index (χ1v) is 2.65. The van der Waals surface area contributed by atoms with Crippen molar-refractivity contribution in [1.82, 2.24) is 5.43 Å². The molecule has 0 aliphatic carbocycles. The van der Waals surface area contributed by atoms with E-state index in [0.717, 1.165) is 0 Å². The van der Waals surface area contributed by atoms with E-state index in [4.69, 9.17) is 10.6 Å². The van der Waals surface area contributed by atoms with Crippen molar-refractivity contribution in [3.05, 3.63) is 0 Å². The van der Waals surface area contributed by atoms with Crippen LogP contribution >= 0.6 is 0 Å². The Hall–Kier alpha value is -0.770. The van der Waals surface area contributed by atoms with Crippen LogP contribution in [0.4, 0.5) is 4.79 Å². The van der Waals surface area contributed by atoms with Gasteiger partial charge in [-0.15, -0.1) is 0 Å². The van der Waals surface area contributed by atoms with Crippen molar-refractivity contribution in [3.8, 4) is 0 Å². The highest BCUT2D eigenvalue weighted by Gasteiger charge is 2.14. The molecule has 3 N–H and O–H groups in total. The van der Waals surface area contributed by atoms with E-state index in [1.807, 2.05) is 5.43 Å². The van der Waals surface area contributed by atoms with E-state index in [9.17, 15) is 4.79 Å². The van der Waals surface area contributed by atoms with Crippen molar-refractivity contribution in [1.29, 1.82) is 0 Å². The summed E-state index contributed by atoms with van der Waals surface area (Å²) in [6, 6.07) is 0. The molecule has 0 saturated carbocycles. The molecule has 0 aromatic heterocycles. The molecule has 0 heterocycles. The summed E-state index contributed by atoms with van der Waals surface area (Å²) in [5.74, 6) is 4.75. The van der Waals surface area contributed by atoms with Crippen molar-refractivity contribution < 1.29 is 11.0 Å². The van der Waals surface area contributed by atoms with E-state index in [-0.39, 0.29) is 1.43 Å². The number of nitrogens with two attached hydrogens (primary N) is 1. The van der Waals surface area contributed by atoms with E-state index < -0.39 is 11.7 Å². The Bertz CT molecular complexity index is 111. The number of hydrogen-bond acceptors (Lipinski definition) is 3. The zero-order valence-electron chi connectivity index (χ0n) is 5.89. The third kappa shape index (κ3) is 5.10. The Morgan fingerprint density at radius 1 is 1.67 bits per heavy atom. The first-order chi connectivity index (χ1) is 3.95. The SMILES string of the molecule is CC(C)(C)OC(=O)NN.[HH]. The number of carbonyl (C=O) groups excluding carboxylic acids is 1. The largest absolute Gasteiger partial charge is 0.443 e. The second-order valence-electron chi connectivity index (χ2n) is 2.65. The molecule has 0 aliphatic heterocycles. The molecule has 0 bridgehead atoms. The van der Waals surface area contributed by atoms with Crippen molar-refractivity contribution >= 4 is 6.09 Å². The fourth-order valence-electron chi connectivity index (χ4n) is 0.308. The van der Waals surface area contributed by atoms with E-state index in [0.29, 0.717) is 0 Å². The van der Waals surface area contributed by atoms with Crippen LogP contribution in [0.25, 0.3) is 0 Å². The van der Waals surface area contributed by atoms with Crippen LogP contribution in [0.2, 0.25) is 0 Å². The smallest absolute Gasteiger partial charge is 0.421 e. The predicted molar refractivity (Wildman–Crippen MR) is 35.7 cm³/mol. The molecule has 0 aromatic carbocycles. The average molecular weight is 134 g/mol. The van der Waals surface area contributed by atoms with Crippen LogP contribution in [0.15, 0.2) is 0 Å². The molecule has 4 heteroatoms. The van der Waals surface area contributed by atoms with E-state index in [1.54, 1.807) is 20.8 Å². The van der Waals surface area contributed by atoms with Gasteiger partial charge in [0.15, 0.2) is 0 Å². The minimum atomic E-state index is -0.609. The molecular weight excluding hydrogens is 120 g/mol. The van der Waals surface area contributed by atoms with Gasteiger partial charge in [0.2, 0.25) is 0 Å². The summed E-state index contributed by atoms with van der Waals surface area (Å²) in [6.07, 6.45) is -0.609. The van der Waals surface area contributed by atoms with Crippen molar-refractivity contribution in [2.24, 2.45) is 5.84 Å². The lowest BCUT2D eigenvalue weighted by atomic mass is 10.2. The Morgan fingerprint density at radius 2 is 2.11 bits per heavy atom. The maximum atomic E-state index is 10.4. The normalized spacial score (nSPS) is 10.7. The highest BCUT2D eigenvalue weighted by atomic mass is 16.6. The van der Waals surface area contributed by atoms with Crippen LogP contribution < -0.4 is 11.3 Å². The summed E-state index contributed by atoms with van der Waals surface area (Å²) in [5, 5.41) is 0. The molecule has 56 valence electrons. The monoisotopic (exact) mass is 134 g/mol. The first-order valence-electron chi connectivity index (χ1n) is 2.65. The lowest BCUT2D eigenvalue weighted by Crippen LogP contribution is -2.36. The number of hydrogen-bond donors (Lipinski definition) is 2. The molecule has 9 heavy (non-hydrogen) atoms. The summed E-state index contributed by atoms with van der Waals surface area (Å²) >= 11 is 0. The number of ether oxygens (including phenoxy) is 1. The summed E-state index contributed by atoms with van der Waals surface area (Å²) in [4.78, 5) is 10.4. The highest BCUT2D eigenvalue weighted by Crippen LogP contribution is 2.05. The topological polar surface area (TPSA) is 64.3 Å². The Labute approximate surface area is 55.8 Å². The van der Waals surface area contributed by atoms with Crippen molar-refractivity contribution in [2.75, 3.05) is 0 Å². The first kappa shape index (κ1) is 8.23. The van der Waals surface area contributed by atoms with Gasteiger partial charge in [-0.05, 0) is 20.8 Å². The molecule has 0 spiro atoms. The average Bonchev–Trinajstić information content (AvgIpc) is 1.62. The quantitative estimate of drug-likeness (QED) is 0.290. The molecule has 0 rings (SSSR count). The van der Waals surface area contributed by atoms with E-state index in [2.05, 4.69) is 0 Å². The number of carbonyl (C=O) groups is 1. The molecule has 0 atom stereocenters. The van der Waals surface area contributed by atoms with Crippen molar-refractivity contribution in [3.63, 3.8) is 0 Å². The van der Waals surface area contributed by atoms with Crippen LogP contribution in [0.5, 0.6) is 0 Å². The van der Waals surface area contributed by atoms with Gasteiger partial charge in [0.05, 0.1) is 0 Å². The van der Waals surface area contributed by atoms with Crippen LogP contribution in [-0.4, -0.2) is 11.7 Å². The Kier molecular flexibility index (Phi) is 2.45. The van der Waals surface area contributed by atoms with Gasteiger partial charge in [0, 0.05) is 1.43 Å². The lowest BCUT2D eigenvalue weighted by Gasteiger charge is -2.18. The third-order valence-electron chi connectivity index (χ3n) is 0.517. The van der Waals surface area contributed by atoms with Gasteiger partial charge < -0.3 is 4.74 Å². The van der Waals surface area contributed by atoms with Crippen LogP contribution in [0.3, 0.4) is 0 Å². The molecular formula is C5H14N2O2. The zero-order valence-corrected chi connectivity index (χ0v) is 5.89. The standard InChI is InChI=1S/C5H12N2O2.H2/c1-5(2,3)9-4(8)7-6;/h6H2,1-3H3,(H,7,8);1H. The minimum Gasteiger partial charge on any atom is -0.443 e. The summed E-state index contributed by atoms with van der Waals surface area (Å²) in [5.41, 5.74) is 1.39. The molecule has 0 aromatic rings. The molecule has 0 unspecified atom stereocenters. The zero-order chi connectivity index (χ0) is 7.49. The highest BCUT2D eigenvalue weighted by molar-refractivity contribution is 5.66. The van der Waals surface area contributed by atoms with Gasteiger partial charge in [-0.2, -0.15) is 0 Å². The maximum absolute atomic E-state index is 10.4. The number of amides is 1. The second kappa shape index (κ2) is 2.68. The minimum absolute atomic E-state index is 0. The summed E-state index contributed by atoms with van der Waals surface area (Å²) < 4.78 is 4.71. The fourth-order valence-corrected chi connectivity index (χ4v) is 0.308. The maximum Gasteiger partial charge on any atom is 0.421 e. The van der Waals surface area contributed by atoms with Crippen molar-refractivity contribution in [2.45, 2.75) is 26.4 Å². The van der Waals surface area contributed by atoms with Crippen LogP contribution in [0.1, 0.15) is 22.2 Å². The molecule has 1 amide bonds. The Balaban J connectivity index is 0. The molecule has 4 nitrogen and oxygen atoms in total. The summed E-state index contributed by atoms with van der Waals surface area (Å²) in [6.45, 7) is 5.30. The van der Waals surface area contributed by atoms with Gasteiger partial charge >= 0.3 is 6.09 Å². The number of hydrazine groups is 1. The van der Waals surface area contributed by atoms with E-state index >= 15 is 0 Å². The van der Waals surface area contributed by atoms with Gasteiger partial charge in [0.25, 0.3) is 0 Å². The van der Waals surface area contributed by atoms with Crippen LogP contribution in [-0.2, 0) is 4.74 Å². The van der Waals surface area contributed by atoms with Gasteiger partial charge in [-0.3, -0.25) is 5.43 Å². The van der Waals surface area contributed by atoms with Gasteiger partial charge in [-0.25, -0.2) is 10.6 Å². The second-order valence-corrected chi connectivity index (χ2v) is 2.65. The fraction of sp³-hybridized carbons (Fsp3) is 0.800. The molecule has 0 fully saturated rings. The Morgan fingerprint density at radius 3 is 2.22 bits per heavy atom. The summed E-state index contributed by atoms with van der Waals surface area (Å²) in [7, 11) is 0.